The van der Waals surface area contributed by atoms with E-state index in [1.807, 2.05) is 6.92 Å². The first-order chi connectivity index (χ1) is 10.3. The van der Waals surface area contributed by atoms with Gasteiger partial charge < -0.3 is 4.90 Å². The summed E-state index contributed by atoms with van der Waals surface area (Å²) in [5.74, 6) is 0. The number of nitrogens with zero attached hydrogens (tertiary/aromatic N) is 4. The van der Waals surface area contributed by atoms with E-state index in [9.17, 15) is 13.2 Å². The summed E-state index contributed by atoms with van der Waals surface area (Å²) in [6, 6.07) is 0.0227. The van der Waals surface area contributed by atoms with Gasteiger partial charge >= 0.3 is 0 Å². The third-order valence-electron chi connectivity index (χ3n) is 4.01. The molecule has 1 fully saturated rings. The molecule has 0 aliphatic carbocycles. The van der Waals surface area contributed by atoms with Gasteiger partial charge in [-0.3, -0.25) is 4.79 Å². The van der Waals surface area contributed by atoms with Crippen molar-refractivity contribution in [3.05, 3.63) is 21.0 Å². The van der Waals surface area contributed by atoms with Crippen molar-refractivity contribution in [1.29, 1.82) is 0 Å². The van der Waals surface area contributed by atoms with Crippen molar-refractivity contribution in [1.82, 2.24) is 14.1 Å². The fraction of sp³-hybridized carbons (Fsp3) is 0.692. The highest BCUT2D eigenvalue weighted by Crippen LogP contribution is 2.27. The van der Waals surface area contributed by atoms with Gasteiger partial charge in [-0.05, 0) is 28.8 Å². The normalized spacial score (nSPS) is 17.2. The van der Waals surface area contributed by atoms with Crippen molar-refractivity contribution >= 4 is 31.6 Å². The fourth-order valence-electron chi connectivity index (χ4n) is 2.88. The third kappa shape index (κ3) is 3.52. The maximum atomic E-state index is 11.9. The number of aromatic nitrogens is 2. The molecule has 1 saturated heterocycles. The molecule has 0 amide bonds. The Kier molecular flexibility index (Phi) is 5.29. The first kappa shape index (κ1) is 17.4. The molecule has 0 radical (unpaired) electrons. The molecule has 0 bridgehead atoms. The molecule has 1 aromatic rings. The molecule has 7 nitrogen and oxygen atoms in total. The van der Waals surface area contributed by atoms with Crippen LogP contribution < -0.4 is 10.5 Å². The number of hydrogen-bond acceptors (Lipinski definition) is 5. The highest BCUT2D eigenvalue weighted by atomic mass is 79.9. The Balaban J connectivity index is 2.13. The molecule has 22 heavy (non-hydrogen) atoms. The molecule has 2 rings (SSSR count). The third-order valence-corrected chi connectivity index (χ3v) is 6.16. The van der Waals surface area contributed by atoms with E-state index in [4.69, 9.17) is 0 Å². The van der Waals surface area contributed by atoms with Crippen LogP contribution in [0.15, 0.2) is 15.5 Å². The average molecular weight is 393 g/mol. The lowest BCUT2D eigenvalue weighted by Crippen LogP contribution is -2.47. The smallest absolute Gasteiger partial charge is 0.282 e. The summed E-state index contributed by atoms with van der Waals surface area (Å²) in [6.45, 7) is 3.74. The summed E-state index contributed by atoms with van der Waals surface area (Å²) in [6.07, 6.45) is 4.40. The molecule has 1 aromatic heterocycles. The summed E-state index contributed by atoms with van der Waals surface area (Å²) < 4.78 is 26.9. The van der Waals surface area contributed by atoms with Gasteiger partial charge in [0.15, 0.2) is 0 Å². The van der Waals surface area contributed by atoms with Crippen LogP contribution in [0.25, 0.3) is 0 Å². The molecular formula is C13H21BrN4O3S. The molecule has 2 heterocycles. The molecule has 9 heteroatoms. The van der Waals surface area contributed by atoms with Gasteiger partial charge in [0.2, 0.25) is 10.0 Å². The number of hydrogen-bond donors (Lipinski definition) is 0. The second-order valence-electron chi connectivity index (χ2n) is 5.46. The number of anilines is 1. The van der Waals surface area contributed by atoms with Crippen LogP contribution in [0.1, 0.15) is 19.8 Å². The van der Waals surface area contributed by atoms with Crippen molar-refractivity contribution in [2.75, 3.05) is 30.8 Å². The van der Waals surface area contributed by atoms with Gasteiger partial charge in [-0.1, -0.05) is 6.92 Å². The summed E-state index contributed by atoms with van der Waals surface area (Å²) in [4.78, 5) is 14.0. The standard InChI is InChI=1S/C13H21BrN4O3S/c1-4-18(22(3,20)21)10-5-7-17(8-6-10)11-9-15-16(2)13(19)12(11)14/h9-10H,4-8H2,1-3H3. The molecule has 124 valence electrons. The number of sulfonamides is 1. The Labute approximate surface area is 139 Å². The molecule has 0 atom stereocenters. The molecule has 1 aliphatic heterocycles. The Morgan fingerprint density at radius 1 is 1.41 bits per heavy atom. The minimum absolute atomic E-state index is 0.0227. The zero-order valence-corrected chi connectivity index (χ0v) is 15.4. The van der Waals surface area contributed by atoms with Crippen molar-refractivity contribution in [3.63, 3.8) is 0 Å². The van der Waals surface area contributed by atoms with E-state index in [1.54, 1.807) is 17.5 Å². The lowest BCUT2D eigenvalue weighted by molar-refractivity contribution is 0.285. The molecular weight excluding hydrogens is 372 g/mol. The van der Waals surface area contributed by atoms with Crippen molar-refractivity contribution in [2.24, 2.45) is 7.05 Å². The number of halogens is 1. The van der Waals surface area contributed by atoms with Crippen LogP contribution in [-0.4, -0.2) is 54.4 Å². The van der Waals surface area contributed by atoms with E-state index in [0.29, 0.717) is 24.1 Å². The minimum atomic E-state index is -3.18. The van der Waals surface area contributed by atoms with E-state index in [-0.39, 0.29) is 11.6 Å². The molecule has 0 unspecified atom stereocenters. The van der Waals surface area contributed by atoms with Crippen LogP contribution in [0.5, 0.6) is 0 Å². The van der Waals surface area contributed by atoms with Crippen LogP contribution in [0.3, 0.4) is 0 Å². The first-order valence-corrected chi connectivity index (χ1v) is 9.83. The number of rotatable bonds is 4. The fourth-order valence-corrected chi connectivity index (χ4v) is 4.71. The van der Waals surface area contributed by atoms with E-state index >= 15 is 0 Å². The van der Waals surface area contributed by atoms with Gasteiger partial charge in [-0.25, -0.2) is 13.1 Å². The van der Waals surface area contributed by atoms with Crippen molar-refractivity contribution in [3.8, 4) is 0 Å². The van der Waals surface area contributed by atoms with Gasteiger partial charge in [-0.2, -0.15) is 9.40 Å². The minimum Gasteiger partial charge on any atom is -0.369 e. The summed E-state index contributed by atoms with van der Waals surface area (Å²) in [7, 11) is -1.57. The maximum Gasteiger partial charge on any atom is 0.282 e. The second-order valence-corrected chi connectivity index (χ2v) is 8.19. The van der Waals surface area contributed by atoms with Gasteiger partial charge in [0.05, 0.1) is 18.1 Å². The number of piperidine rings is 1. The van der Waals surface area contributed by atoms with Crippen LogP contribution in [0.4, 0.5) is 5.69 Å². The van der Waals surface area contributed by atoms with Gasteiger partial charge in [0, 0.05) is 32.7 Å². The average Bonchev–Trinajstić information content (AvgIpc) is 2.45. The monoisotopic (exact) mass is 392 g/mol. The van der Waals surface area contributed by atoms with Crippen LogP contribution in [-0.2, 0) is 17.1 Å². The molecule has 0 saturated carbocycles. The lowest BCUT2D eigenvalue weighted by Gasteiger charge is -2.38. The molecule has 1 aliphatic rings. The predicted octanol–water partition coefficient (Wildman–Crippen LogP) is 0.793. The van der Waals surface area contributed by atoms with E-state index in [0.717, 1.165) is 18.5 Å². The SMILES string of the molecule is CCN(C1CCN(c2cnn(C)c(=O)c2Br)CC1)S(C)(=O)=O. The van der Waals surface area contributed by atoms with Gasteiger partial charge in [-0.15, -0.1) is 0 Å². The predicted molar refractivity (Wildman–Crippen MR) is 89.6 cm³/mol. The van der Waals surface area contributed by atoms with E-state index in [1.165, 1.54) is 10.9 Å². The van der Waals surface area contributed by atoms with E-state index in [2.05, 4.69) is 25.9 Å². The number of aryl methyl sites for hydroxylation is 1. The highest BCUT2D eigenvalue weighted by molar-refractivity contribution is 9.10. The molecule has 0 N–H and O–H groups in total. The summed E-state index contributed by atoms with van der Waals surface area (Å²) in [5.41, 5.74) is 0.592. The van der Waals surface area contributed by atoms with Crippen LogP contribution >= 0.6 is 15.9 Å². The zero-order chi connectivity index (χ0) is 16.5. The van der Waals surface area contributed by atoms with Crippen LogP contribution in [0, 0.1) is 0 Å². The Hall–Kier alpha value is -0.930. The Morgan fingerprint density at radius 3 is 2.50 bits per heavy atom. The lowest BCUT2D eigenvalue weighted by atomic mass is 10.0. The molecule has 0 aromatic carbocycles. The van der Waals surface area contributed by atoms with Gasteiger partial charge in [0.25, 0.3) is 5.56 Å². The topological polar surface area (TPSA) is 75.5 Å². The van der Waals surface area contributed by atoms with E-state index < -0.39 is 10.0 Å². The van der Waals surface area contributed by atoms with Gasteiger partial charge in [0.1, 0.15) is 4.47 Å². The van der Waals surface area contributed by atoms with Crippen molar-refractivity contribution in [2.45, 2.75) is 25.8 Å². The quantitative estimate of drug-likeness (QED) is 0.756. The Bertz CT molecular complexity index is 696. The maximum absolute atomic E-state index is 11.9. The Morgan fingerprint density at radius 2 is 2.00 bits per heavy atom. The zero-order valence-electron chi connectivity index (χ0n) is 13.0. The van der Waals surface area contributed by atoms with Crippen molar-refractivity contribution < 1.29 is 8.42 Å². The largest absolute Gasteiger partial charge is 0.369 e. The highest BCUT2D eigenvalue weighted by Gasteiger charge is 2.29. The summed E-state index contributed by atoms with van der Waals surface area (Å²) in [5, 5.41) is 4.05. The summed E-state index contributed by atoms with van der Waals surface area (Å²) >= 11 is 3.33. The molecule has 0 spiro atoms. The van der Waals surface area contributed by atoms with Crippen LogP contribution in [0.2, 0.25) is 0 Å². The second kappa shape index (κ2) is 6.67. The first-order valence-electron chi connectivity index (χ1n) is 7.19.